The number of hydrogen-bond donors (Lipinski definition) is 1. The Balaban J connectivity index is 1.49. The molecule has 1 N–H and O–H groups in total. The lowest BCUT2D eigenvalue weighted by Gasteiger charge is -2.27. The molecule has 30 heavy (non-hydrogen) atoms. The third kappa shape index (κ3) is 3.22. The first-order valence-corrected chi connectivity index (χ1v) is 11.2. The molecule has 0 spiro atoms. The quantitative estimate of drug-likeness (QED) is 0.551. The lowest BCUT2D eigenvalue weighted by molar-refractivity contribution is -0.140. The van der Waals surface area contributed by atoms with E-state index >= 15 is 0 Å². The normalized spacial score (nSPS) is 23.9. The zero-order chi connectivity index (χ0) is 20.8. The third-order valence-corrected chi connectivity index (χ3v) is 7.40. The number of thioether (sulfide) groups is 1. The van der Waals surface area contributed by atoms with Crippen molar-refractivity contribution in [2.75, 3.05) is 11.4 Å². The van der Waals surface area contributed by atoms with Crippen LogP contribution in [0.25, 0.3) is 6.08 Å². The van der Waals surface area contributed by atoms with Crippen molar-refractivity contribution in [3.8, 4) is 0 Å². The second-order valence-electron chi connectivity index (χ2n) is 7.79. The number of carboxylic acids is 1. The SMILES string of the molecule is O=C(O)CN1C(=O)C(=Cc2ccc3c(c2)C2CCCC2N3c2ccccc2)SC1=S. The lowest BCUT2D eigenvalue weighted by atomic mass is 9.96. The largest absolute Gasteiger partial charge is 0.480 e. The molecule has 2 aromatic rings. The van der Waals surface area contributed by atoms with Crippen molar-refractivity contribution in [1.29, 1.82) is 0 Å². The summed E-state index contributed by atoms with van der Waals surface area (Å²) >= 11 is 6.36. The number of carbonyl (C=O) groups is 2. The number of thiocarbonyl (C=S) groups is 1. The summed E-state index contributed by atoms with van der Waals surface area (Å²) in [6.07, 6.45) is 5.40. The number of hydrogen-bond acceptors (Lipinski definition) is 5. The van der Waals surface area contributed by atoms with Crippen LogP contribution in [0.5, 0.6) is 0 Å². The van der Waals surface area contributed by atoms with Gasteiger partial charge >= 0.3 is 5.97 Å². The van der Waals surface area contributed by atoms with Crippen molar-refractivity contribution in [3.05, 3.63) is 64.6 Å². The van der Waals surface area contributed by atoms with Gasteiger partial charge in [0, 0.05) is 23.3 Å². The van der Waals surface area contributed by atoms with Crippen molar-refractivity contribution in [2.24, 2.45) is 0 Å². The van der Waals surface area contributed by atoms with Crippen molar-refractivity contribution < 1.29 is 14.7 Å². The molecule has 1 amide bonds. The van der Waals surface area contributed by atoms with E-state index in [4.69, 9.17) is 17.3 Å². The molecule has 5 rings (SSSR count). The van der Waals surface area contributed by atoms with Gasteiger partial charge in [-0.25, -0.2) is 0 Å². The molecule has 3 aliphatic rings. The van der Waals surface area contributed by atoms with Gasteiger partial charge in [-0.05, 0) is 54.3 Å². The van der Waals surface area contributed by atoms with E-state index in [0.717, 1.165) is 22.2 Å². The highest BCUT2D eigenvalue weighted by Gasteiger charge is 2.42. The van der Waals surface area contributed by atoms with Crippen LogP contribution in [0.4, 0.5) is 11.4 Å². The Morgan fingerprint density at radius 3 is 2.77 bits per heavy atom. The first kappa shape index (κ1) is 19.3. The molecule has 0 aromatic heterocycles. The van der Waals surface area contributed by atoms with E-state index < -0.39 is 12.5 Å². The Hall–Kier alpha value is -2.64. The molecule has 1 saturated carbocycles. The molecule has 0 bridgehead atoms. The van der Waals surface area contributed by atoms with Gasteiger partial charge < -0.3 is 10.0 Å². The van der Waals surface area contributed by atoms with E-state index in [1.165, 1.54) is 36.2 Å². The topological polar surface area (TPSA) is 60.9 Å². The second-order valence-corrected chi connectivity index (χ2v) is 9.47. The van der Waals surface area contributed by atoms with Crippen LogP contribution in [0.1, 0.15) is 36.3 Å². The van der Waals surface area contributed by atoms with E-state index in [1.807, 2.05) is 18.2 Å². The first-order chi connectivity index (χ1) is 14.5. The molecule has 152 valence electrons. The van der Waals surface area contributed by atoms with Gasteiger partial charge in [0.1, 0.15) is 10.9 Å². The fraction of sp³-hybridized carbons (Fsp3) is 0.261. The maximum absolute atomic E-state index is 12.6. The van der Waals surface area contributed by atoms with Gasteiger partial charge in [0.25, 0.3) is 5.91 Å². The minimum atomic E-state index is -1.07. The summed E-state index contributed by atoms with van der Waals surface area (Å²) in [6.45, 7) is -0.401. The molecule has 1 aliphatic carbocycles. The Morgan fingerprint density at radius 1 is 1.20 bits per heavy atom. The highest BCUT2D eigenvalue weighted by atomic mass is 32.2. The van der Waals surface area contributed by atoms with Gasteiger partial charge in [-0.1, -0.05) is 54.7 Å². The molecule has 2 atom stereocenters. The van der Waals surface area contributed by atoms with Crippen LogP contribution < -0.4 is 4.90 Å². The monoisotopic (exact) mass is 436 g/mol. The Bertz CT molecular complexity index is 1080. The van der Waals surface area contributed by atoms with Gasteiger partial charge in [0.2, 0.25) is 0 Å². The van der Waals surface area contributed by atoms with Crippen LogP contribution in [-0.2, 0) is 9.59 Å². The fourth-order valence-corrected chi connectivity index (χ4v) is 6.07. The number of nitrogens with zero attached hydrogens (tertiary/aromatic N) is 2. The molecule has 0 radical (unpaired) electrons. The average molecular weight is 437 g/mol. The van der Waals surface area contributed by atoms with E-state index in [0.29, 0.717) is 21.2 Å². The highest BCUT2D eigenvalue weighted by Crippen LogP contribution is 2.52. The molecule has 1 saturated heterocycles. The molecule has 2 fully saturated rings. The molecule has 2 heterocycles. The summed E-state index contributed by atoms with van der Waals surface area (Å²) in [5.41, 5.74) is 4.74. The highest BCUT2D eigenvalue weighted by molar-refractivity contribution is 8.26. The van der Waals surface area contributed by atoms with Crippen molar-refractivity contribution >= 4 is 57.6 Å². The van der Waals surface area contributed by atoms with Crippen molar-refractivity contribution in [2.45, 2.75) is 31.2 Å². The number of rotatable bonds is 4. The molecule has 5 nitrogen and oxygen atoms in total. The van der Waals surface area contributed by atoms with E-state index in [9.17, 15) is 9.59 Å². The van der Waals surface area contributed by atoms with Crippen LogP contribution in [0.15, 0.2) is 53.4 Å². The minimum Gasteiger partial charge on any atom is -0.480 e. The number of para-hydroxylation sites is 1. The van der Waals surface area contributed by atoms with Gasteiger partial charge in [0.05, 0.1) is 4.91 Å². The van der Waals surface area contributed by atoms with Crippen LogP contribution in [0.2, 0.25) is 0 Å². The van der Waals surface area contributed by atoms with Gasteiger partial charge in [0.15, 0.2) is 0 Å². The number of carbonyl (C=O) groups excluding carboxylic acids is 1. The first-order valence-electron chi connectivity index (χ1n) is 9.98. The van der Waals surface area contributed by atoms with Crippen LogP contribution in [-0.4, -0.2) is 38.8 Å². The second kappa shape index (κ2) is 7.56. The zero-order valence-corrected chi connectivity index (χ0v) is 17.8. The van der Waals surface area contributed by atoms with Gasteiger partial charge in [-0.15, -0.1) is 0 Å². The lowest BCUT2D eigenvalue weighted by Crippen LogP contribution is -2.33. The Kier molecular flexibility index (Phi) is 4.87. The summed E-state index contributed by atoms with van der Waals surface area (Å²) in [7, 11) is 0. The van der Waals surface area contributed by atoms with E-state index in [-0.39, 0.29) is 5.91 Å². The summed E-state index contributed by atoms with van der Waals surface area (Å²) in [5, 5.41) is 9.01. The predicted molar refractivity (Wildman–Crippen MR) is 123 cm³/mol. The summed E-state index contributed by atoms with van der Waals surface area (Å²) < 4.78 is 0.293. The van der Waals surface area contributed by atoms with Crippen molar-refractivity contribution in [1.82, 2.24) is 4.90 Å². The van der Waals surface area contributed by atoms with Crippen molar-refractivity contribution in [3.63, 3.8) is 0 Å². The smallest absolute Gasteiger partial charge is 0.323 e. The number of amides is 1. The number of fused-ring (bicyclic) bond motifs is 3. The summed E-state index contributed by atoms with van der Waals surface area (Å²) in [6, 6.07) is 17.3. The number of benzene rings is 2. The minimum absolute atomic E-state index is 0.293. The van der Waals surface area contributed by atoms with Gasteiger partial charge in [-0.3, -0.25) is 14.5 Å². The van der Waals surface area contributed by atoms with E-state index in [1.54, 1.807) is 0 Å². The molecule has 2 aliphatic heterocycles. The fourth-order valence-electron chi connectivity index (χ4n) is 4.81. The summed E-state index contributed by atoms with van der Waals surface area (Å²) in [4.78, 5) is 27.7. The maximum atomic E-state index is 12.6. The molecule has 2 aromatic carbocycles. The maximum Gasteiger partial charge on any atom is 0.323 e. The molecular weight excluding hydrogens is 416 g/mol. The molecule has 7 heteroatoms. The molecular formula is C23H20N2O3S2. The van der Waals surface area contributed by atoms with Crippen LogP contribution in [0.3, 0.4) is 0 Å². The number of carboxylic acid groups (broad SMARTS) is 1. The van der Waals surface area contributed by atoms with Gasteiger partial charge in [-0.2, -0.15) is 0 Å². The van der Waals surface area contributed by atoms with E-state index in [2.05, 4.69) is 41.3 Å². The standard InChI is InChI=1S/C23H20N2O3S2/c26-21(27)13-24-22(28)20(30-23(24)29)12-14-9-10-19-17(11-14)16-7-4-8-18(16)25(19)15-5-2-1-3-6-15/h1-3,5-6,9-12,16,18H,4,7-8,13H2,(H,26,27). The predicted octanol–water partition coefficient (Wildman–Crippen LogP) is 4.76. The third-order valence-electron chi connectivity index (χ3n) is 6.02. The zero-order valence-electron chi connectivity index (χ0n) is 16.2. The average Bonchev–Trinajstić information content (AvgIpc) is 3.38. The Labute approximate surface area is 184 Å². The molecule has 2 unspecified atom stereocenters. The van der Waals surface area contributed by atoms with Crippen LogP contribution in [0, 0.1) is 0 Å². The summed E-state index contributed by atoms with van der Waals surface area (Å²) in [5.74, 6) is -0.911. The van der Waals surface area contributed by atoms with Crippen LogP contribution >= 0.6 is 24.0 Å². The Morgan fingerprint density at radius 2 is 2.00 bits per heavy atom. The number of aliphatic carboxylic acids is 1. The number of anilines is 2.